The SMILES string of the molecule is COc1ccc(C(CNC(=O)Cc2ccc(F)cc2)N2CCOCC2)cc1. The van der Waals surface area contributed by atoms with Gasteiger partial charge in [0, 0.05) is 19.6 Å². The first-order chi connectivity index (χ1) is 13.2. The van der Waals surface area contributed by atoms with Crippen molar-refractivity contribution in [3.8, 4) is 5.75 Å². The highest BCUT2D eigenvalue weighted by molar-refractivity contribution is 5.78. The summed E-state index contributed by atoms with van der Waals surface area (Å²) >= 11 is 0. The number of morpholine rings is 1. The van der Waals surface area contributed by atoms with E-state index in [0.29, 0.717) is 19.8 Å². The summed E-state index contributed by atoms with van der Waals surface area (Å²) in [5.74, 6) is 0.430. The molecule has 0 aromatic heterocycles. The van der Waals surface area contributed by atoms with E-state index in [-0.39, 0.29) is 24.2 Å². The number of halogens is 1. The lowest BCUT2D eigenvalue weighted by Gasteiger charge is -2.35. The first-order valence-corrected chi connectivity index (χ1v) is 9.12. The highest BCUT2D eigenvalue weighted by Gasteiger charge is 2.23. The predicted octanol–water partition coefficient (Wildman–Crippen LogP) is 2.57. The number of amides is 1. The molecule has 0 saturated carbocycles. The Bertz CT molecular complexity index is 728. The average molecular weight is 372 g/mol. The molecule has 1 aliphatic rings. The van der Waals surface area contributed by atoms with Crippen LogP contribution in [0.2, 0.25) is 0 Å². The van der Waals surface area contributed by atoms with Crippen LogP contribution in [0.15, 0.2) is 48.5 Å². The summed E-state index contributed by atoms with van der Waals surface area (Å²) in [4.78, 5) is 14.7. The van der Waals surface area contributed by atoms with E-state index in [1.54, 1.807) is 19.2 Å². The normalized spacial score (nSPS) is 15.9. The van der Waals surface area contributed by atoms with Gasteiger partial charge in [-0.2, -0.15) is 0 Å². The third-order valence-corrected chi connectivity index (χ3v) is 4.76. The van der Waals surface area contributed by atoms with Crippen LogP contribution in [-0.4, -0.2) is 50.8 Å². The molecule has 27 heavy (non-hydrogen) atoms. The number of nitrogens with one attached hydrogen (secondary N) is 1. The van der Waals surface area contributed by atoms with Crippen molar-refractivity contribution in [1.82, 2.24) is 10.2 Å². The van der Waals surface area contributed by atoms with Gasteiger partial charge in [-0.25, -0.2) is 4.39 Å². The number of carbonyl (C=O) groups excluding carboxylic acids is 1. The minimum atomic E-state index is -0.300. The molecule has 1 heterocycles. The zero-order valence-corrected chi connectivity index (χ0v) is 15.5. The maximum absolute atomic E-state index is 13.0. The van der Waals surface area contributed by atoms with E-state index in [4.69, 9.17) is 9.47 Å². The van der Waals surface area contributed by atoms with E-state index >= 15 is 0 Å². The van der Waals surface area contributed by atoms with Gasteiger partial charge in [-0.1, -0.05) is 24.3 Å². The third kappa shape index (κ3) is 5.52. The lowest BCUT2D eigenvalue weighted by Crippen LogP contribution is -2.44. The summed E-state index contributed by atoms with van der Waals surface area (Å²) in [7, 11) is 1.64. The lowest BCUT2D eigenvalue weighted by molar-refractivity contribution is -0.120. The van der Waals surface area contributed by atoms with Crippen LogP contribution < -0.4 is 10.1 Å². The van der Waals surface area contributed by atoms with Gasteiger partial charge in [-0.15, -0.1) is 0 Å². The molecule has 1 fully saturated rings. The van der Waals surface area contributed by atoms with Crippen LogP contribution in [0.4, 0.5) is 4.39 Å². The largest absolute Gasteiger partial charge is 0.497 e. The maximum Gasteiger partial charge on any atom is 0.224 e. The van der Waals surface area contributed by atoms with Crippen molar-refractivity contribution in [2.24, 2.45) is 0 Å². The number of hydrogen-bond donors (Lipinski definition) is 1. The molecule has 1 saturated heterocycles. The Kier molecular flexibility index (Phi) is 6.79. The Hall–Kier alpha value is -2.44. The van der Waals surface area contributed by atoms with E-state index in [1.165, 1.54) is 12.1 Å². The summed E-state index contributed by atoms with van der Waals surface area (Å²) in [5, 5.41) is 3.02. The standard InChI is InChI=1S/C21H25FN2O3/c1-26-19-8-4-17(5-9-19)20(24-10-12-27-13-11-24)15-23-21(25)14-16-2-6-18(22)7-3-16/h2-9,20H,10-15H2,1H3,(H,23,25). The molecule has 1 aliphatic heterocycles. The number of benzene rings is 2. The summed E-state index contributed by atoms with van der Waals surface area (Å²) in [6.07, 6.45) is 0.235. The van der Waals surface area contributed by atoms with Crippen LogP contribution in [0.5, 0.6) is 5.75 Å². The Labute approximate surface area is 159 Å². The Morgan fingerprint density at radius 2 is 1.81 bits per heavy atom. The van der Waals surface area contributed by atoms with Crippen molar-refractivity contribution in [2.75, 3.05) is 40.0 Å². The first-order valence-electron chi connectivity index (χ1n) is 9.12. The van der Waals surface area contributed by atoms with Crippen molar-refractivity contribution in [2.45, 2.75) is 12.5 Å². The maximum atomic E-state index is 13.0. The molecular weight excluding hydrogens is 347 g/mol. The molecule has 0 radical (unpaired) electrons. The number of ether oxygens (including phenoxy) is 2. The minimum absolute atomic E-state index is 0.0666. The van der Waals surface area contributed by atoms with Crippen LogP contribution in [0, 0.1) is 5.82 Å². The van der Waals surface area contributed by atoms with Crippen LogP contribution >= 0.6 is 0 Å². The van der Waals surface area contributed by atoms with Gasteiger partial charge in [0.1, 0.15) is 11.6 Å². The van der Waals surface area contributed by atoms with Crippen LogP contribution in [0.1, 0.15) is 17.2 Å². The number of nitrogens with zero attached hydrogens (tertiary/aromatic N) is 1. The Morgan fingerprint density at radius 3 is 2.44 bits per heavy atom. The van der Waals surface area contributed by atoms with Crippen LogP contribution in [0.3, 0.4) is 0 Å². The fourth-order valence-electron chi connectivity index (χ4n) is 3.23. The van der Waals surface area contributed by atoms with Gasteiger partial charge in [-0.05, 0) is 35.4 Å². The molecule has 0 spiro atoms. The van der Waals surface area contributed by atoms with Crippen molar-refractivity contribution >= 4 is 5.91 Å². The topological polar surface area (TPSA) is 50.8 Å². The number of methoxy groups -OCH3 is 1. The molecule has 2 aromatic carbocycles. The second-order valence-electron chi connectivity index (χ2n) is 6.54. The lowest BCUT2D eigenvalue weighted by atomic mass is 10.0. The molecule has 1 amide bonds. The highest BCUT2D eigenvalue weighted by atomic mass is 19.1. The zero-order chi connectivity index (χ0) is 19.1. The Balaban J connectivity index is 1.64. The van der Waals surface area contributed by atoms with E-state index in [1.807, 2.05) is 24.3 Å². The molecular formula is C21H25FN2O3. The van der Waals surface area contributed by atoms with Crippen LogP contribution in [0.25, 0.3) is 0 Å². The second kappa shape index (κ2) is 9.48. The smallest absolute Gasteiger partial charge is 0.224 e. The van der Waals surface area contributed by atoms with Crippen molar-refractivity contribution in [3.63, 3.8) is 0 Å². The second-order valence-corrected chi connectivity index (χ2v) is 6.54. The average Bonchev–Trinajstić information content (AvgIpc) is 2.71. The quantitative estimate of drug-likeness (QED) is 0.812. The van der Waals surface area contributed by atoms with Crippen molar-refractivity contribution < 1.29 is 18.7 Å². The molecule has 1 unspecified atom stereocenters. The predicted molar refractivity (Wildman–Crippen MR) is 101 cm³/mol. The highest BCUT2D eigenvalue weighted by Crippen LogP contribution is 2.23. The number of carbonyl (C=O) groups is 1. The van der Waals surface area contributed by atoms with Crippen LogP contribution in [-0.2, 0) is 16.0 Å². The van der Waals surface area contributed by atoms with Crippen molar-refractivity contribution in [1.29, 1.82) is 0 Å². The van der Waals surface area contributed by atoms with Gasteiger partial charge in [0.05, 0.1) is 32.8 Å². The molecule has 6 heteroatoms. The molecule has 144 valence electrons. The van der Waals surface area contributed by atoms with Gasteiger partial charge in [0.15, 0.2) is 0 Å². The summed E-state index contributed by atoms with van der Waals surface area (Å²) in [5.41, 5.74) is 1.92. The molecule has 2 aromatic rings. The fraction of sp³-hybridized carbons (Fsp3) is 0.381. The Morgan fingerprint density at radius 1 is 1.15 bits per heavy atom. The van der Waals surface area contributed by atoms with Gasteiger partial charge < -0.3 is 14.8 Å². The summed E-state index contributed by atoms with van der Waals surface area (Å²) in [6.45, 7) is 3.54. The third-order valence-electron chi connectivity index (χ3n) is 4.76. The molecule has 0 bridgehead atoms. The molecule has 1 atom stereocenters. The summed E-state index contributed by atoms with van der Waals surface area (Å²) in [6, 6.07) is 14.0. The van der Waals surface area contributed by atoms with Crippen molar-refractivity contribution in [3.05, 3.63) is 65.5 Å². The number of hydrogen-bond acceptors (Lipinski definition) is 4. The minimum Gasteiger partial charge on any atom is -0.497 e. The van der Waals surface area contributed by atoms with E-state index < -0.39 is 0 Å². The van der Waals surface area contributed by atoms with Gasteiger partial charge in [0.25, 0.3) is 0 Å². The monoisotopic (exact) mass is 372 g/mol. The summed E-state index contributed by atoms with van der Waals surface area (Å²) < 4.78 is 23.7. The molecule has 3 rings (SSSR count). The fourth-order valence-corrected chi connectivity index (χ4v) is 3.23. The van der Waals surface area contributed by atoms with Gasteiger partial charge >= 0.3 is 0 Å². The first kappa shape index (κ1) is 19.3. The molecule has 0 aliphatic carbocycles. The van der Waals surface area contributed by atoms with Gasteiger partial charge in [0.2, 0.25) is 5.91 Å². The van der Waals surface area contributed by atoms with E-state index in [0.717, 1.165) is 30.0 Å². The van der Waals surface area contributed by atoms with E-state index in [9.17, 15) is 9.18 Å². The van der Waals surface area contributed by atoms with Gasteiger partial charge in [-0.3, -0.25) is 9.69 Å². The molecule has 1 N–H and O–H groups in total. The molecule has 5 nitrogen and oxygen atoms in total. The van der Waals surface area contributed by atoms with E-state index in [2.05, 4.69) is 10.2 Å². The zero-order valence-electron chi connectivity index (χ0n) is 15.5. The number of rotatable bonds is 7.